The molecule has 2 aromatic carbocycles. The van der Waals surface area contributed by atoms with Crippen molar-refractivity contribution in [1.82, 2.24) is 0 Å². The van der Waals surface area contributed by atoms with Gasteiger partial charge in [0.1, 0.15) is 0 Å². The molecule has 0 N–H and O–H groups in total. The highest BCUT2D eigenvalue weighted by molar-refractivity contribution is 8.01. The molecular weight excluding hydrogens is 268 g/mol. The van der Waals surface area contributed by atoms with Crippen LogP contribution in [0.15, 0.2) is 53.4 Å². The summed E-state index contributed by atoms with van der Waals surface area (Å²) >= 11 is 5.89. The highest BCUT2D eigenvalue weighted by Gasteiger charge is 2.30. The first-order chi connectivity index (χ1) is 8.59. The molecule has 0 aliphatic carbocycles. The molecule has 0 saturated heterocycles. The maximum atomic E-state index is 12.4. The van der Waals surface area contributed by atoms with Gasteiger partial charge in [-0.25, -0.2) is 8.42 Å². The number of sulfone groups is 1. The lowest BCUT2D eigenvalue weighted by Gasteiger charge is -2.03. The minimum Gasteiger partial charge on any atom is -0.218 e. The van der Waals surface area contributed by atoms with Crippen LogP contribution in [0, 0.1) is 0 Å². The zero-order valence-corrected chi connectivity index (χ0v) is 10.9. The van der Waals surface area contributed by atoms with Gasteiger partial charge in [0.05, 0.1) is 9.80 Å². The van der Waals surface area contributed by atoms with Crippen LogP contribution in [-0.4, -0.2) is 8.42 Å². The lowest BCUT2D eigenvalue weighted by atomic mass is 10.1. The van der Waals surface area contributed by atoms with Gasteiger partial charge in [-0.2, -0.15) is 0 Å². The van der Waals surface area contributed by atoms with Crippen LogP contribution in [0.5, 0.6) is 0 Å². The molecule has 0 spiro atoms. The van der Waals surface area contributed by atoms with Crippen LogP contribution in [-0.2, 0) is 9.84 Å². The molecule has 0 aromatic heterocycles. The van der Waals surface area contributed by atoms with E-state index in [4.69, 9.17) is 11.6 Å². The number of halogens is 1. The number of hydrogen-bond acceptors (Lipinski definition) is 2. The van der Waals surface area contributed by atoms with Crippen molar-refractivity contribution in [2.45, 2.75) is 4.90 Å². The van der Waals surface area contributed by atoms with E-state index in [2.05, 4.69) is 0 Å². The van der Waals surface area contributed by atoms with E-state index < -0.39 is 9.84 Å². The average molecular weight is 277 g/mol. The van der Waals surface area contributed by atoms with E-state index in [1.165, 1.54) is 0 Å². The monoisotopic (exact) mass is 276 g/mol. The number of fused-ring (bicyclic) bond motifs is 1. The molecule has 0 atom stereocenters. The standard InChI is InChI=1S/C14H9ClO2S/c15-12-6-7-13-11(8-12)9-14(18(13,16)17)10-4-2-1-3-5-10/h1-9H. The Morgan fingerprint density at radius 1 is 0.944 bits per heavy atom. The van der Waals surface area contributed by atoms with Crippen LogP contribution in [0.3, 0.4) is 0 Å². The summed E-state index contributed by atoms with van der Waals surface area (Å²) < 4.78 is 24.8. The van der Waals surface area contributed by atoms with Crippen LogP contribution in [0.1, 0.15) is 11.1 Å². The maximum Gasteiger partial charge on any atom is 0.207 e. The van der Waals surface area contributed by atoms with Crippen molar-refractivity contribution in [2.24, 2.45) is 0 Å². The van der Waals surface area contributed by atoms with Gasteiger partial charge in [0.25, 0.3) is 0 Å². The van der Waals surface area contributed by atoms with Crippen LogP contribution in [0.2, 0.25) is 5.02 Å². The molecule has 90 valence electrons. The summed E-state index contributed by atoms with van der Waals surface area (Å²) in [5.41, 5.74) is 1.35. The quantitative estimate of drug-likeness (QED) is 0.797. The Balaban J connectivity index is 2.24. The van der Waals surface area contributed by atoms with Gasteiger partial charge in [-0.1, -0.05) is 41.9 Å². The fraction of sp³-hybridized carbons (Fsp3) is 0. The zero-order valence-electron chi connectivity index (χ0n) is 9.30. The Bertz CT molecular complexity index is 747. The molecule has 0 bridgehead atoms. The van der Waals surface area contributed by atoms with Gasteiger partial charge in [0, 0.05) is 5.02 Å². The van der Waals surface area contributed by atoms with E-state index >= 15 is 0 Å². The van der Waals surface area contributed by atoms with Crippen molar-refractivity contribution in [3.8, 4) is 0 Å². The van der Waals surface area contributed by atoms with E-state index in [-0.39, 0.29) is 0 Å². The molecule has 2 nitrogen and oxygen atoms in total. The van der Waals surface area contributed by atoms with Gasteiger partial charge in [-0.3, -0.25) is 0 Å². The van der Waals surface area contributed by atoms with Crippen molar-refractivity contribution in [2.75, 3.05) is 0 Å². The Kier molecular flexibility index (Phi) is 2.54. The maximum absolute atomic E-state index is 12.4. The van der Waals surface area contributed by atoms with Crippen molar-refractivity contribution < 1.29 is 8.42 Å². The molecule has 2 aromatic rings. The third-order valence-electron chi connectivity index (χ3n) is 2.90. The summed E-state index contributed by atoms with van der Waals surface area (Å²) in [6.45, 7) is 0. The summed E-state index contributed by atoms with van der Waals surface area (Å²) in [4.78, 5) is 0.658. The zero-order chi connectivity index (χ0) is 12.8. The van der Waals surface area contributed by atoms with E-state index in [9.17, 15) is 8.42 Å². The highest BCUT2D eigenvalue weighted by Crippen LogP contribution is 2.39. The van der Waals surface area contributed by atoms with Gasteiger partial charge < -0.3 is 0 Å². The average Bonchev–Trinajstić information content (AvgIpc) is 2.61. The van der Waals surface area contributed by atoms with Crippen molar-refractivity contribution in [3.63, 3.8) is 0 Å². The molecule has 1 heterocycles. The van der Waals surface area contributed by atoms with Crippen LogP contribution < -0.4 is 0 Å². The normalized spacial score (nSPS) is 16.2. The minimum atomic E-state index is -3.41. The SMILES string of the molecule is O=S1(=O)C(c2ccccc2)=Cc2cc(Cl)ccc21. The van der Waals surface area contributed by atoms with Crippen LogP contribution in [0.4, 0.5) is 0 Å². The van der Waals surface area contributed by atoms with Gasteiger partial charge in [-0.05, 0) is 35.4 Å². The summed E-state index contributed by atoms with van der Waals surface area (Å²) in [7, 11) is -3.41. The number of benzene rings is 2. The molecular formula is C14H9ClO2S. The number of hydrogen-bond donors (Lipinski definition) is 0. The summed E-state index contributed by atoms with van der Waals surface area (Å²) in [5, 5.41) is 0.537. The highest BCUT2D eigenvalue weighted by atomic mass is 35.5. The molecule has 0 radical (unpaired) electrons. The fourth-order valence-corrected chi connectivity index (χ4v) is 3.88. The fourth-order valence-electron chi connectivity index (χ4n) is 2.06. The van der Waals surface area contributed by atoms with Gasteiger partial charge >= 0.3 is 0 Å². The number of rotatable bonds is 1. The molecule has 0 fully saturated rings. The second-order valence-electron chi connectivity index (χ2n) is 4.06. The summed E-state index contributed by atoms with van der Waals surface area (Å²) in [6.07, 6.45) is 1.67. The molecule has 0 saturated carbocycles. The van der Waals surface area contributed by atoms with E-state index in [0.717, 1.165) is 0 Å². The predicted octanol–water partition coefficient (Wildman–Crippen LogP) is 3.63. The lowest BCUT2D eigenvalue weighted by molar-refractivity contribution is 0.606. The van der Waals surface area contributed by atoms with E-state index in [1.54, 1.807) is 36.4 Å². The van der Waals surface area contributed by atoms with Gasteiger partial charge in [-0.15, -0.1) is 0 Å². The molecule has 4 heteroatoms. The van der Waals surface area contributed by atoms with Crippen molar-refractivity contribution >= 4 is 32.4 Å². The largest absolute Gasteiger partial charge is 0.218 e. The Labute approximate surface area is 110 Å². The molecule has 1 aliphatic rings. The first-order valence-corrected chi connectivity index (χ1v) is 7.27. The first-order valence-electron chi connectivity index (χ1n) is 5.41. The topological polar surface area (TPSA) is 34.1 Å². The first kappa shape index (κ1) is 11.5. The summed E-state index contributed by atoms with van der Waals surface area (Å²) in [5.74, 6) is 0. The second-order valence-corrected chi connectivity index (χ2v) is 6.38. The molecule has 1 aliphatic heterocycles. The smallest absolute Gasteiger partial charge is 0.207 e. The Morgan fingerprint density at radius 2 is 1.67 bits per heavy atom. The van der Waals surface area contributed by atoms with Crippen LogP contribution >= 0.6 is 11.6 Å². The van der Waals surface area contributed by atoms with Crippen molar-refractivity contribution in [3.05, 3.63) is 64.7 Å². The Hall–Kier alpha value is -1.58. The van der Waals surface area contributed by atoms with E-state index in [0.29, 0.717) is 26.0 Å². The second kappa shape index (κ2) is 3.97. The predicted molar refractivity (Wildman–Crippen MR) is 73.0 cm³/mol. The summed E-state index contributed by atoms with van der Waals surface area (Å²) in [6, 6.07) is 13.9. The molecule has 18 heavy (non-hydrogen) atoms. The lowest BCUT2D eigenvalue weighted by Crippen LogP contribution is -1.99. The molecule has 0 unspecified atom stereocenters. The van der Waals surface area contributed by atoms with Gasteiger partial charge in [0.2, 0.25) is 9.84 Å². The third kappa shape index (κ3) is 1.67. The third-order valence-corrected chi connectivity index (χ3v) is 5.01. The molecule has 0 amide bonds. The minimum absolute atomic E-state index is 0.325. The Morgan fingerprint density at radius 3 is 2.39 bits per heavy atom. The van der Waals surface area contributed by atoms with Crippen LogP contribution in [0.25, 0.3) is 11.0 Å². The van der Waals surface area contributed by atoms with E-state index in [1.807, 2.05) is 18.2 Å². The van der Waals surface area contributed by atoms with Gasteiger partial charge in [0.15, 0.2) is 0 Å². The molecule has 3 rings (SSSR count). The van der Waals surface area contributed by atoms with Crippen molar-refractivity contribution in [1.29, 1.82) is 0 Å².